The SMILES string of the molecule is CC(C)CNC(=O)Nc1nc2c(s1)[C@H](C)N(c1nc3cc(S(C)(=O)=O)ccc3o1)[C@H](C)C2. The molecule has 172 valence electrons. The lowest BCUT2D eigenvalue weighted by molar-refractivity contribution is 0.251. The molecule has 1 aliphatic heterocycles. The molecule has 32 heavy (non-hydrogen) atoms. The molecule has 1 aromatic carbocycles. The van der Waals surface area contributed by atoms with Crippen LogP contribution in [-0.2, 0) is 16.3 Å². The minimum atomic E-state index is -3.33. The molecule has 3 heterocycles. The van der Waals surface area contributed by atoms with Crippen LogP contribution in [0.1, 0.15) is 44.3 Å². The van der Waals surface area contributed by atoms with E-state index in [0.717, 1.165) is 10.6 Å². The second kappa shape index (κ2) is 8.36. The number of anilines is 2. The Morgan fingerprint density at radius 2 is 2.06 bits per heavy atom. The third-order valence-corrected chi connectivity index (χ3v) is 7.67. The molecule has 0 saturated heterocycles. The molecule has 0 fully saturated rings. The van der Waals surface area contributed by atoms with Crippen molar-refractivity contribution in [2.45, 2.75) is 51.1 Å². The van der Waals surface area contributed by atoms with Gasteiger partial charge in [0.25, 0.3) is 6.01 Å². The summed E-state index contributed by atoms with van der Waals surface area (Å²) in [5.41, 5.74) is 1.99. The van der Waals surface area contributed by atoms with E-state index in [2.05, 4.69) is 32.4 Å². The Kier molecular flexibility index (Phi) is 5.89. The van der Waals surface area contributed by atoms with Gasteiger partial charge in [0.2, 0.25) is 0 Å². The number of benzene rings is 1. The summed E-state index contributed by atoms with van der Waals surface area (Å²) < 4.78 is 29.7. The van der Waals surface area contributed by atoms with Crippen molar-refractivity contribution in [1.29, 1.82) is 0 Å². The molecule has 0 spiro atoms. The Labute approximate surface area is 191 Å². The van der Waals surface area contributed by atoms with Crippen LogP contribution in [0.3, 0.4) is 0 Å². The zero-order chi connectivity index (χ0) is 23.2. The molecule has 1 aliphatic rings. The number of nitrogens with zero attached hydrogens (tertiary/aromatic N) is 3. The number of hydrogen-bond donors (Lipinski definition) is 2. The Balaban J connectivity index is 1.59. The largest absolute Gasteiger partial charge is 0.423 e. The van der Waals surface area contributed by atoms with Crippen molar-refractivity contribution >= 4 is 49.5 Å². The van der Waals surface area contributed by atoms with E-state index >= 15 is 0 Å². The Morgan fingerprint density at radius 3 is 2.75 bits per heavy atom. The van der Waals surface area contributed by atoms with Gasteiger partial charge in [-0.1, -0.05) is 25.2 Å². The van der Waals surface area contributed by atoms with Crippen molar-refractivity contribution in [2.75, 3.05) is 23.0 Å². The number of thiazole rings is 1. The number of hydrogen-bond acceptors (Lipinski definition) is 8. The lowest BCUT2D eigenvalue weighted by Gasteiger charge is -2.36. The highest BCUT2D eigenvalue weighted by atomic mass is 32.2. The minimum Gasteiger partial charge on any atom is -0.423 e. The van der Waals surface area contributed by atoms with Gasteiger partial charge in [-0.2, -0.15) is 4.98 Å². The predicted molar refractivity (Wildman–Crippen MR) is 125 cm³/mol. The van der Waals surface area contributed by atoms with Crippen molar-refractivity contribution in [3.05, 3.63) is 28.8 Å². The molecule has 0 aliphatic carbocycles. The van der Waals surface area contributed by atoms with Crippen LogP contribution in [-0.4, -0.2) is 43.3 Å². The number of carbonyl (C=O) groups is 1. The summed E-state index contributed by atoms with van der Waals surface area (Å²) in [5, 5.41) is 6.23. The highest BCUT2D eigenvalue weighted by Crippen LogP contribution is 2.41. The number of urea groups is 1. The second-order valence-corrected chi connectivity index (χ2v) is 11.6. The number of aromatic nitrogens is 2. The first-order chi connectivity index (χ1) is 15.0. The molecule has 11 heteroatoms. The summed E-state index contributed by atoms with van der Waals surface area (Å²) >= 11 is 1.45. The van der Waals surface area contributed by atoms with Crippen molar-refractivity contribution in [3.63, 3.8) is 0 Å². The number of sulfone groups is 1. The molecule has 2 N–H and O–H groups in total. The fraction of sp³-hybridized carbons (Fsp3) is 0.476. The number of carbonyl (C=O) groups excluding carboxylic acids is 1. The van der Waals surface area contributed by atoms with Crippen molar-refractivity contribution < 1.29 is 17.6 Å². The fourth-order valence-electron chi connectivity index (χ4n) is 3.80. The quantitative estimate of drug-likeness (QED) is 0.571. The van der Waals surface area contributed by atoms with E-state index in [4.69, 9.17) is 4.42 Å². The van der Waals surface area contributed by atoms with E-state index in [1.54, 1.807) is 6.07 Å². The fourth-order valence-corrected chi connectivity index (χ4v) is 5.48. The molecular formula is C21H27N5O4S2. The topological polar surface area (TPSA) is 117 Å². The second-order valence-electron chi connectivity index (χ2n) is 8.59. The molecule has 2 atom stereocenters. The standard InChI is InChI=1S/C21H27N5O4S2/c1-11(2)10-22-19(27)25-20-23-16-8-12(3)26(13(4)18(16)31-20)21-24-15-9-14(32(5,28)29)6-7-17(15)30-21/h6-7,9,11-13H,8,10H2,1-5H3,(H2,22,23,25,27)/t12-,13+/m1/s1. The maximum absolute atomic E-state index is 12.1. The Hall–Kier alpha value is -2.66. The van der Waals surface area contributed by atoms with Crippen LogP contribution in [0, 0.1) is 5.92 Å². The highest BCUT2D eigenvalue weighted by molar-refractivity contribution is 7.90. The highest BCUT2D eigenvalue weighted by Gasteiger charge is 2.35. The summed E-state index contributed by atoms with van der Waals surface area (Å²) in [5.74, 6) is 0.365. The smallest absolute Gasteiger partial charge is 0.321 e. The van der Waals surface area contributed by atoms with Crippen LogP contribution >= 0.6 is 11.3 Å². The van der Waals surface area contributed by atoms with Crippen LogP contribution in [0.4, 0.5) is 15.9 Å². The maximum atomic E-state index is 12.1. The predicted octanol–water partition coefficient (Wildman–Crippen LogP) is 3.98. The Bertz CT molecular complexity index is 1260. The number of amides is 2. The lowest BCUT2D eigenvalue weighted by Crippen LogP contribution is -2.40. The molecule has 3 aromatic rings. The number of nitrogens with one attached hydrogen (secondary N) is 2. The van der Waals surface area contributed by atoms with Gasteiger partial charge in [0.05, 0.1) is 21.5 Å². The molecule has 0 radical (unpaired) electrons. The molecule has 4 rings (SSSR count). The third kappa shape index (κ3) is 4.44. The first kappa shape index (κ1) is 22.5. The molecule has 2 amide bonds. The van der Waals surface area contributed by atoms with Gasteiger partial charge >= 0.3 is 6.03 Å². The molecule has 0 bridgehead atoms. The first-order valence-corrected chi connectivity index (χ1v) is 13.2. The van der Waals surface area contributed by atoms with Crippen LogP contribution in [0.25, 0.3) is 11.1 Å². The van der Waals surface area contributed by atoms with Gasteiger partial charge in [-0.3, -0.25) is 5.32 Å². The summed E-state index contributed by atoms with van der Waals surface area (Å²) in [6.45, 7) is 8.78. The van der Waals surface area contributed by atoms with Gasteiger partial charge in [0, 0.05) is 25.3 Å². The summed E-state index contributed by atoms with van der Waals surface area (Å²) in [7, 11) is -3.33. The lowest BCUT2D eigenvalue weighted by atomic mass is 10.0. The molecule has 9 nitrogen and oxygen atoms in total. The van der Waals surface area contributed by atoms with E-state index in [0.29, 0.717) is 41.1 Å². The molecule has 2 aromatic heterocycles. The third-order valence-electron chi connectivity index (χ3n) is 5.38. The zero-order valence-corrected chi connectivity index (χ0v) is 20.3. The van der Waals surface area contributed by atoms with E-state index < -0.39 is 9.84 Å². The summed E-state index contributed by atoms with van der Waals surface area (Å²) in [4.78, 5) is 24.7. The minimum absolute atomic E-state index is 0.0599. The van der Waals surface area contributed by atoms with Crippen LogP contribution < -0.4 is 15.5 Å². The molecular weight excluding hydrogens is 450 g/mol. The van der Waals surface area contributed by atoms with Crippen LogP contribution in [0.15, 0.2) is 27.5 Å². The first-order valence-electron chi connectivity index (χ1n) is 10.5. The molecule has 0 unspecified atom stereocenters. The van der Waals surface area contributed by atoms with Gasteiger partial charge < -0.3 is 14.6 Å². The van der Waals surface area contributed by atoms with Crippen LogP contribution in [0.5, 0.6) is 0 Å². The Morgan fingerprint density at radius 1 is 1.31 bits per heavy atom. The summed E-state index contributed by atoms with van der Waals surface area (Å²) in [6, 6.07) is 4.87. The molecule has 0 saturated carbocycles. The van der Waals surface area contributed by atoms with Crippen LogP contribution in [0.2, 0.25) is 0 Å². The van der Waals surface area contributed by atoms with Gasteiger partial charge in [-0.15, -0.1) is 0 Å². The average molecular weight is 478 g/mol. The maximum Gasteiger partial charge on any atom is 0.321 e. The van der Waals surface area contributed by atoms with E-state index in [1.165, 1.54) is 29.7 Å². The van der Waals surface area contributed by atoms with E-state index in [1.807, 2.05) is 20.8 Å². The van der Waals surface area contributed by atoms with Gasteiger partial charge in [-0.05, 0) is 38.0 Å². The normalized spacial score (nSPS) is 18.8. The number of oxazole rings is 1. The van der Waals surface area contributed by atoms with Gasteiger partial charge in [0.15, 0.2) is 20.6 Å². The number of rotatable bonds is 5. The van der Waals surface area contributed by atoms with Gasteiger partial charge in [0.1, 0.15) is 5.52 Å². The van der Waals surface area contributed by atoms with Crippen molar-refractivity contribution in [3.8, 4) is 0 Å². The summed E-state index contributed by atoms with van der Waals surface area (Å²) in [6.07, 6.45) is 1.85. The average Bonchev–Trinajstić information content (AvgIpc) is 3.28. The monoisotopic (exact) mass is 477 g/mol. The van der Waals surface area contributed by atoms with Crippen molar-refractivity contribution in [2.24, 2.45) is 5.92 Å². The number of fused-ring (bicyclic) bond motifs is 2. The van der Waals surface area contributed by atoms with E-state index in [-0.39, 0.29) is 23.0 Å². The van der Waals surface area contributed by atoms with Gasteiger partial charge in [-0.25, -0.2) is 18.2 Å². The van der Waals surface area contributed by atoms with Crippen molar-refractivity contribution in [1.82, 2.24) is 15.3 Å². The zero-order valence-electron chi connectivity index (χ0n) is 18.7. The van der Waals surface area contributed by atoms with E-state index in [9.17, 15) is 13.2 Å².